The van der Waals surface area contributed by atoms with Crippen LogP contribution in [0.4, 0.5) is 11.4 Å². The van der Waals surface area contributed by atoms with Gasteiger partial charge in [0.05, 0.1) is 11.5 Å². The largest absolute Gasteiger partial charge is 0.367 e. The third kappa shape index (κ3) is 6.29. The Bertz CT molecular complexity index is 1150. The number of nitrogens with zero attached hydrogens (tertiary/aromatic N) is 3. The normalized spacial score (nSPS) is 19.2. The molecule has 7 nitrogen and oxygen atoms in total. The molecule has 0 spiro atoms. The average molecular weight is 531 g/mol. The summed E-state index contributed by atoms with van der Waals surface area (Å²) in [6, 6.07) is 15.8. The lowest BCUT2D eigenvalue weighted by Crippen LogP contribution is -2.50. The molecule has 0 aromatic heterocycles. The minimum Gasteiger partial charge on any atom is -0.367 e. The summed E-state index contributed by atoms with van der Waals surface area (Å²) >= 11 is 0. The Labute approximate surface area is 232 Å². The van der Waals surface area contributed by atoms with Crippen LogP contribution in [-0.2, 0) is 9.59 Å². The summed E-state index contributed by atoms with van der Waals surface area (Å²) in [5.74, 6) is 0.219. The number of anilines is 2. The summed E-state index contributed by atoms with van der Waals surface area (Å²) in [4.78, 5) is 46.1. The number of piperazine rings is 1. The Hall–Kier alpha value is -3.35. The quantitative estimate of drug-likeness (QED) is 0.528. The zero-order valence-electron chi connectivity index (χ0n) is 23.2. The molecule has 3 amide bonds. The number of hydrogen-bond donors (Lipinski definition) is 1. The van der Waals surface area contributed by atoms with Gasteiger partial charge in [0.15, 0.2) is 0 Å². The standard InChI is InChI=1S/C32H42N4O3/c1-2-27(24-11-5-3-6-12-24)31(38)36-21-19-34(20-22-36)29-16-15-26(33-30(37)25-13-7-8-14-25)23-28(29)32(39)35-17-9-4-10-18-35/h3,5-6,11-12,15-16,23,25,27H,2,4,7-10,13-14,17-22H2,1H3,(H,33,37)/t27-/m1/s1. The van der Waals surface area contributed by atoms with Crippen molar-refractivity contribution >= 4 is 29.1 Å². The summed E-state index contributed by atoms with van der Waals surface area (Å²) in [7, 11) is 0. The summed E-state index contributed by atoms with van der Waals surface area (Å²) in [5.41, 5.74) is 3.30. The van der Waals surface area contributed by atoms with E-state index in [4.69, 9.17) is 0 Å². The van der Waals surface area contributed by atoms with Crippen molar-refractivity contribution in [3.8, 4) is 0 Å². The lowest BCUT2D eigenvalue weighted by Gasteiger charge is -2.38. The lowest BCUT2D eigenvalue weighted by atomic mass is 9.94. The molecule has 3 aliphatic rings. The minimum absolute atomic E-state index is 0.0373. The van der Waals surface area contributed by atoms with Gasteiger partial charge >= 0.3 is 0 Å². The van der Waals surface area contributed by atoms with Crippen LogP contribution in [-0.4, -0.2) is 66.8 Å². The van der Waals surface area contributed by atoms with Crippen LogP contribution in [0.25, 0.3) is 0 Å². The van der Waals surface area contributed by atoms with Gasteiger partial charge in [-0.05, 0) is 62.3 Å². The summed E-state index contributed by atoms with van der Waals surface area (Å²) < 4.78 is 0. The zero-order chi connectivity index (χ0) is 27.2. The van der Waals surface area contributed by atoms with Crippen molar-refractivity contribution in [3.63, 3.8) is 0 Å². The second-order valence-electron chi connectivity index (χ2n) is 11.2. The maximum absolute atomic E-state index is 13.7. The van der Waals surface area contributed by atoms with Crippen molar-refractivity contribution in [2.75, 3.05) is 49.5 Å². The van der Waals surface area contributed by atoms with Crippen LogP contribution < -0.4 is 10.2 Å². The Balaban J connectivity index is 1.32. The van der Waals surface area contributed by atoms with Crippen LogP contribution in [0.15, 0.2) is 48.5 Å². The van der Waals surface area contributed by atoms with E-state index in [1.807, 2.05) is 58.3 Å². The average Bonchev–Trinajstić information content (AvgIpc) is 3.54. The van der Waals surface area contributed by atoms with Crippen LogP contribution in [0.2, 0.25) is 0 Å². The van der Waals surface area contributed by atoms with Crippen LogP contribution in [0, 0.1) is 5.92 Å². The number of nitrogens with one attached hydrogen (secondary N) is 1. The van der Waals surface area contributed by atoms with Gasteiger partial charge in [-0.3, -0.25) is 14.4 Å². The zero-order valence-corrected chi connectivity index (χ0v) is 23.2. The van der Waals surface area contributed by atoms with E-state index in [0.717, 1.165) is 75.7 Å². The van der Waals surface area contributed by atoms with Gasteiger partial charge in [0, 0.05) is 56.6 Å². The van der Waals surface area contributed by atoms with Crippen molar-refractivity contribution < 1.29 is 14.4 Å². The maximum Gasteiger partial charge on any atom is 0.256 e. The molecule has 0 unspecified atom stereocenters. The number of amides is 3. The second-order valence-corrected chi connectivity index (χ2v) is 11.2. The van der Waals surface area contributed by atoms with E-state index in [1.165, 1.54) is 0 Å². The van der Waals surface area contributed by atoms with E-state index in [1.54, 1.807) is 0 Å². The molecule has 7 heteroatoms. The molecule has 208 valence electrons. The first-order valence-corrected chi connectivity index (χ1v) is 14.9. The molecule has 2 aromatic rings. The Kier molecular flexibility index (Phi) is 8.84. The van der Waals surface area contributed by atoms with E-state index in [-0.39, 0.29) is 29.6 Å². The topological polar surface area (TPSA) is 73.0 Å². The predicted octanol–water partition coefficient (Wildman–Crippen LogP) is 5.28. The molecule has 0 radical (unpaired) electrons. The maximum atomic E-state index is 13.7. The third-order valence-corrected chi connectivity index (χ3v) is 8.70. The van der Waals surface area contributed by atoms with Crippen molar-refractivity contribution in [2.45, 2.75) is 64.2 Å². The number of rotatable bonds is 7. The SMILES string of the molecule is CC[C@@H](C(=O)N1CCN(c2ccc(NC(=O)C3CCCC3)cc2C(=O)N2CCCCC2)CC1)c1ccccc1. The molecule has 1 saturated carbocycles. The highest BCUT2D eigenvalue weighted by atomic mass is 16.2. The van der Waals surface area contributed by atoms with Crippen LogP contribution in [0.1, 0.15) is 80.1 Å². The molecule has 1 atom stereocenters. The first-order chi connectivity index (χ1) is 19.0. The third-order valence-electron chi connectivity index (χ3n) is 8.70. The predicted molar refractivity (Wildman–Crippen MR) is 155 cm³/mol. The fourth-order valence-electron chi connectivity index (χ4n) is 6.39. The highest BCUT2D eigenvalue weighted by Crippen LogP contribution is 2.31. The molecule has 39 heavy (non-hydrogen) atoms. The smallest absolute Gasteiger partial charge is 0.256 e. The van der Waals surface area contributed by atoms with Crippen LogP contribution in [0.3, 0.4) is 0 Å². The van der Waals surface area contributed by atoms with Crippen LogP contribution in [0.5, 0.6) is 0 Å². The first kappa shape index (κ1) is 27.2. The van der Waals surface area contributed by atoms with Crippen molar-refractivity contribution in [2.24, 2.45) is 5.92 Å². The molecule has 2 aliphatic heterocycles. The summed E-state index contributed by atoms with van der Waals surface area (Å²) in [6.45, 7) is 6.21. The van der Waals surface area contributed by atoms with Crippen molar-refractivity contribution in [1.82, 2.24) is 9.80 Å². The summed E-state index contributed by atoms with van der Waals surface area (Å²) in [5, 5.41) is 3.09. The van der Waals surface area contributed by atoms with Crippen LogP contribution >= 0.6 is 0 Å². The lowest BCUT2D eigenvalue weighted by molar-refractivity contribution is -0.133. The Morgan fingerprint density at radius 2 is 1.51 bits per heavy atom. The fraction of sp³-hybridized carbons (Fsp3) is 0.531. The first-order valence-electron chi connectivity index (χ1n) is 14.9. The molecule has 5 rings (SSSR count). The van der Waals surface area contributed by atoms with Gasteiger partial charge in [-0.2, -0.15) is 0 Å². The summed E-state index contributed by atoms with van der Waals surface area (Å²) in [6.07, 6.45) is 8.08. The van der Waals surface area contributed by atoms with Gasteiger partial charge in [-0.15, -0.1) is 0 Å². The Morgan fingerprint density at radius 3 is 2.18 bits per heavy atom. The van der Waals surface area contributed by atoms with Gasteiger partial charge in [0.1, 0.15) is 0 Å². The number of hydrogen-bond acceptors (Lipinski definition) is 4. The van der Waals surface area contributed by atoms with Crippen molar-refractivity contribution in [1.29, 1.82) is 0 Å². The van der Waals surface area contributed by atoms with Gasteiger partial charge < -0.3 is 20.0 Å². The molecule has 1 aliphatic carbocycles. The van der Waals surface area contributed by atoms with Gasteiger partial charge in [0.2, 0.25) is 11.8 Å². The molecule has 2 heterocycles. The molecule has 2 aromatic carbocycles. The Morgan fingerprint density at radius 1 is 0.821 bits per heavy atom. The van der Waals surface area contributed by atoms with Crippen molar-refractivity contribution in [3.05, 3.63) is 59.7 Å². The molecule has 1 N–H and O–H groups in total. The highest BCUT2D eigenvalue weighted by molar-refractivity contribution is 6.02. The fourth-order valence-corrected chi connectivity index (χ4v) is 6.39. The minimum atomic E-state index is -0.128. The number of carbonyl (C=O) groups excluding carboxylic acids is 3. The number of benzene rings is 2. The van der Waals surface area contributed by atoms with Gasteiger partial charge in [-0.1, -0.05) is 50.1 Å². The highest BCUT2D eigenvalue weighted by Gasteiger charge is 2.30. The monoisotopic (exact) mass is 530 g/mol. The molecule has 3 fully saturated rings. The second kappa shape index (κ2) is 12.7. The van der Waals surface area contributed by atoms with E-state index in [9.17, 15) is 14.4 Å². The molecule has 2 saturated heterocycles. The number of carbonyl (C=O) groups is 3. The van der Waals surface area contributed by atoms with Gasteiger partial charge in [-0.25, -0.2) is 0 Å². The van der Waals surface area contributed by atoms with E-state index in [2.05, 4.69) is 17.1 Å². The number of piperidine rings is 1. The van der Waals surface area contributed by atoms with E-state index in [0.29, 0.717) is 37.4 Å². The number of likely N-dealkylation sites (tertiary alicyclic amines) is 1. The van der Waals surface area contributed by atoms with E-state index >= 15 is 0 Å². The van der Waals surface area contributed by atoms with E-state index < -0.39 is 0 Å². The molecule has 0 bridgehead atoms. The van der Waals surface area contributed by atoms with Gasteiger partial charge in [0.25, 0.3) is 5.91 Å². The molecular weight excluding hydrogens is 488 g/mol. The molecular formula is C32H42N4O3.